The number of hydrogen-bond acceptors (Lipinski definition) is 3. The molecule has 1 aromatic rings. The van der Waals surface area contributed by atoms with Crippen molar-refractivity contribution in [1.29, 1.82) is 0 Å². The third-order valence-corrected chi connectivity index (χ3v) is 4.64. The minimum atomic E-state index is -3.33. The maximum atomic E-state index is 12.1. The van der Waals surface area contributed by atoms with Crippen LogP contribution in [0.4, 0.5) is 5.69 Å². The molecular weight excluding hydrogens is 224 g/mol. The Kier molecular flexibility index (Phi) is 2.90. The summed E-state index contributed by atoms with van der Waals surface area (Å²) in [6.45, 7) is 0.618. The van der Waals surface area contributed by atoms with Crippen molar-refractivity contribution in [2.45, 2.75) is 17.7 Å². The first-order valence-electron chi connectivity index (χ1n) is 5.32. The summed E-state index contributed by atoms with van der Waals surface area (Å²) in [6.07, 6.45) is 2.28. The van der Waals surface area contributed by atoms with E-state index in [-0.39, 0.29) is 0 Å². The van der Waals surface area contributed by atoms with E-state index < -0.39 is 10.0 Å². The molecule has 4 nitrogen and oxygen atoms in total. The molecule has 1 aliphatic rings. The molecule has 0 amide bonds. The third-order valence-electron chi connectivity index (χ3n) is 2.80. The molecule has 2 rings (SSSR count). The molecule has 1 aromatic carbocycles. The Balaban J connectivity index is 2.19. The fourth-order valence-electron chi connectivity index (χ4n) is 1.58. The number of sulfonamides is 1. The average Bonchev–Trinajstić information content (AvgIpc) is 3.02. The maximum absolute atomic E-state index is 12.1. The Hall–Kier alpha value is -1.07. The van der Waals surface area contributed by atoms with E-state index in [1.807, 2.05) is 0 Å². The predicted molar refractivity (Wildman–Crippen MR) is 63.4 cm³/mol. The van der Waals surface area contributed by atoms with E-state index in [0.29, 0.717) is 23.0 Å². The lowest BCUT2D eigenvalue weighted by Crippen LogP contribution is -2.28. The number of benzene rings is 1. The Morgan fingerprint density at radius 2 is 1.88 bits per heavy atom. The van der Waals surface area contributed by atoms with Gasteiger partial charge in [-0.3, -0.25) is 0 Å². The number of hydrogen-bond donors (Lipinski definition) is 1. The molecule has 5 heteroatoms. The molecule has 1 aliphatic carbocycles. The van der Waals surface area contributed by atoms with Crippen LogP contribution in [-0.4, -0.2) is 26.3 Å². The molecular formula is C11H16N2O2S. The molecule has 0 bridgehead atoms. The fraction of sp³-hybridized carbons (Fsp3) is 0.455. The van der Waals surface area contributed by atoms with Crippen LogP contribution in [0.1, 0.15) is 12.8 Å². The van der Waals surface area contributed by atoms with Gasteiger partial charge >= 0.3 is 0 Å². The normalized spacial score (nSPS) is 16.6. The molecule has 0 spiro atoms. The predicted octanol–water partition coefficient (Wildman–Crippen LogP) is 1.30. The van der Waals surface area contributed by atoms with Gasteiger partial charge in [0.2, 0.25) is 10.0 Å². The Bertz CT molecular complexity index is 463. The van der Waals surface area contributed by atoms with Gasteiger partial charge < -0.3 is 5.73 Å². The van der Waals surface area contributed by atoms with Crippen molar-refractivity contribution in [2.75, 3.05) is 19.3 Å². The van der Waals surface area contributed by atoms with Crippen molar-refractivity contribution in [3.8, 4) is 0 Å². The van der Waals surface area contributed by atoms with Gasteiger partial charge in [-0.15, -0.1) is 0 Å². The van der Waals surface area contributed by atoms with Crippen molar-refractivity contribution in [3.05, 3.63) is 24.3 Å². The number of nitrogens with zero attached hydrogens (tertiary/aromatic N) is 1. The van der Waals surface area contributed by atoms with Crippen LogP contribution in [0.3, 0.4) is 0 Å². The van der Waals surface area contributed by atoms with Crippen LogP contribution in [-0.2, 0) is 10.0 Å². The van der Waals surface area contributed by atoms with Gasteiger partial charge in [0, 0.05) is 19.3 Å². The second-order valence-electron chi connectivity index (χ2n) is 4.30. The van der Waals surface area contributed by atoms with E-state index in [0.717, 1.165) is 12.8 Å². The molecule has 2 N–H and O–H groups in total. The quantitative estimate of drug-likeness (QED) is 0.807. The highest BCUT2D eigenvalue weighted by atomic mass is 32.2. The van der Waals surface area contributed by atoms with Gasteiger partial charge in [0.25, 0.3) is 0 Å². The molecule has 0 heterocycles. The maximum Gasteiger partial charge on any atom is 0.242 e. The zero-order chi connectivity index (χ0) is 11.8. The Morgan fingerprint density at radius 1 is 1.31 bits per heavy atom. The summed E-state index contributed by atoms with van der Waals surface area (Å²) in [7, 11) is -1.70. The molecule has 0 unspecified atom stereocenters. The highest BCUT2D eigenvalue weighted by Crippen LogP contribution is 2.30. The zero-order valence-corrected chi connectivity index (χ0v) is 10.1. The number of nitrogen functional groups attached to an aromatic ring is 1. The van der Waals surface area contributed by atoms with Crippen molar-refractivity contribution in [1.82, 2.24) is 4.31 Å². The minimum Gasteiger partial charge on any atom is -0.399 e. The monoisotopic (exact) mass is 240 g/mol. The molecule has 88 valence electrons. The van der Waals surface area contributed by atoms with Crippen LogP contribution in [0.2, 0.25) is 0 Å². The summed E-state index contributed by atoms with van der Waals surface area (Å²) >= 11 is 0. The second-order valence-corrected chi connectivity index (χ2v) is 6.34. The molecule has 0 aliphatic heterocycles. The van der Waals surface area contributed by atoms with Gasteiger partial charge in [-0.1, -0.05) is 0 Å². The largest absolute Gasteiger partial charge is 0.399 e. The van der Waals surface area contributed by atoms with E-state index in [1.165, 1.54) is 4.31 Å². The van der Waals surface area contributed by atoms with E-state index in [2.05, 4.69) is 0 Å². The van der Waals surface area contributed by atoms with Gasteiger partial charge in [-0.25, -0.2) is 12.7 Å². The molecule has 0 saturated heterocycles. The van der Waals surface area contributed by atoms with E-state index >= 15 is 0 Å². The molecule has 16 heavy (non-hydrogen) atoms. The highest BCUT2D eigenvalue weighted by Gasteiger charge is 2.28. The van der Waals surface area contributed by atoms with E-state index in [9.17, 15) is 8.42 Å². The average molecular weight is 240 g/mol. The second kappa shape index (κ2) is 4.07. The summed E-state index contributed by atoms with van der Waals surface area (Å²) < 4.78 is 25.6. The lowest BCUT2D eigenvalue weighted by atomic mass is 10.3. The summed E-state index contributed by atoms with van der Waals surface area (Å²) in [5.41, 5.74) is 6.10. The van der Waals surface area contributed by atoms with Crippen molar-refractivity contribution >= 4 is 15.7 Å². The molecule has 0 radical (unpaired) electrons. The van der Waals surface area contributed by atoms with Crippen molar-refractivity contribution in [3.63, 3.8) is 0 Å². The third kappa shape index (κ3) is 2.36. The molecule has 1 saturated carbocycles. The van der Waals surface area contributed by atoms with Crippen LogP contribution in [0.5, 0.6) is 0 Å². The molecule has 1 fully saturated rings. The minimum absolute atomic E-state index is 0.310. The lowest BCUT2D eigenvalue weighted by molar-refractivity contribution is 0.453. The van der Waals surface area contributed by atoms with Crippen LogP contribution in [0.15, 0.2) is 29.2 Å². The lowest BCUT2D eigenvalue weighted by Gasteiger charge is -2.16. The summed E-state index contributed by atoms with van der Waals surface area (Å²) in [5.74, 6) is 0.550. The molecule has 0 aromatic heterocycles. The van der Waals surface area contributed by atoms with Crippen molar-refractivity contribution in [2.24, 2.45) is 5.92 Å². The first kappa shape index (κ1) is 11.4. The van der Waals surface area contributed by atoms with Crippen LogP contribution in [0, 0.1) is 5.92 Å². The topological polar surface area (TPSA) is 63.4 Å². The standard InChI is InChI=1S/C11H16N2O2S/c1-13(8-9-2-3-9)16(14,15)11-6-4-10(12)5-7-11/h4-7,9H,2-3,8,12H2,1H3. The summed E-state index contributed by atoms with van der Waals surface area (Å²) in [5, 5.41) is 0. The zero-order valence-electron chi connectivity index (χ0n) is 9.26. The summed E-state index contributed by atoms with van der Waals surface area (Å²) in [4.78, 5) is 0.310. The van der Waals surface area contributed by atoms with E-state index in [1.54, 1.807) is 31.3 Å². The Labute approximate surface area is 96.1 Å². The van der Waals surface area contributed by atoms with Crippen LogP contribution < -0.4 is 5.73 Å². The van der Waals surface area contributed by atoms with Gasteiger partial charge in [-0.2, -0.15) is 0 Å². The number of anilines is 1. The Morgan fingerprint density at radius 3 is 2.38 bits per heavy atom. The van der Waals surface area contributed by atoms with Crippen LogP contribution in [0.25, 0.3) is 0 Å². The van der Waals surface area contributed by atoms with Gasteiger partial charge in [0.05, 0.1) is 4.90 Å². The highest BCUT2D eigenvalue weighted by molar-refractivity contribution is 7.89. The van der Waals surface area contributed by atoms with Gasteiger partial charge in [0.1, 0.15) is 0 Å². The van der Waals surface area contributed by atoms with Gasteiger partial charge in [-0.05, 0) is 43.0 Å². The SMILES string of the molecule is CN(CC1CC1)S(=O)(=O)c1ccc(N)cc1. The van der Waals surface area contributed by atoms with Gasteiger partial charge in [0.15, 0.2) is 0 Å². The first-order valence-corrected chi connectivity index (χ1v) is 6.76. The number of rotatable bonds is 4. The fourth-order valence-corrected chi connectivity index (χ4v) is 2.83. The smallest absolute Gasteiger partial charge is 0.242 e. The van der Waals surface area contributed by atoms with Crippen LogP contribution >= 0.6 is 0 Å². The van der Waals surface area contributed by atoms with E-state index in [4.69, 9.17) is 5.73 Å². The molecule has 0 atom stereocenters. The number of nitrogens with two attached hydrogens (primary N) is 1. The first-order chi connectivity index (χ1) is 7.50. The summed E-state index contributed by atoms with van der Waals surface area (Å²) in [6, 6.07) is 6.32. The van der Waals surface area contributed by atoms with Crippen molar-refractivity contribution < 1.29 is 8.42 Å².